The third-order valence-corrected chi connectivity index (χ3v) is 8.85. The van der Waals surface area contributed by atoms with E-state index in [2.05, 4.69) is 4.72 Å². The Labute approximate surface area is 195 Å². The van der Waals surface area contributed by atoms with E-state index < -0.39 is 20.0 Å². The molecule has 1 fully saturated rings. The number of aryl methyl sites for hydroxylation is 1. The number of hydrogen-bond donors (Lipinski definition) is 1. The van der Waals surface area contributed by atoms with Crippen LogP contribution in [0.2, 0.25) is 0 Å². The van der Waals surface area contributed by atoms with Crippen LogP contribution in [0, 0.1) is 6.92 Å². The molecule has 0 aromatic heterocycles. The minimum atomic E-state index is -3.85. The summed E-state index contributed by atoms with van der Waals surface area (Å²) in [4.78, 5) is 0.102. The van der Waals surface area contributed by atoms with Crippen molar-refractivity contribution in [2.45, 2.75) is 31.3 Å². The molecule has 0 amide bonds. The van der Waals surface area contributed by atoms with E-state index in [1.54, 1.807) is 43.3 Å². The maximum Gasteiger partial charge on any atom is 0.262 e. The number of rotatable bonds is 7. The van der Waals surface area contributed by atoms with Crippen molar-refractivity contribution in [3.63, 3.8) is 0 Å². The first-order valence-electron chi connectivity index (χ1n) is 10.7. The SMILES string of the molecule is Cc1cc(N2CCCCS2(=O)=O)ccc1S(=O)(=O)Nc1ccc(OCc2ccccc2)cc1. The van der Waals surface area contributed by atoms with Crippen molar-refractivity contribution >= 4 is 31.4 Å². The fourth-order valence-electron chi connectivity index (χ4n) is 3.74. The number of sulfonamides is 2. The van der Waals surface area contributed by atoms with E-state index in [0.29, 0.717) is 42.3 Å². The number of anilines is 2. The van der Waals surface area contributed by atoms with Crippen molar-refractivity contribution in [1.29, 1.82) is 0 Å². The molecule has 0 atom stereocenters. The lowest BCUT2D eigenvalue weighted by molar-refractivity contribution is 0.306. The molecule has 1 aliphatic rings. The van der Waals surface area contributed by atoms with Gasteiger partial charge < -0.3 is 4.74 Å². The average Bonchev–Trinajstić information content (AvgIpc) is 2.78. The van der Waals surface area contributed by atoms with Gasteiger partial charge in [-0.15, -0.1) is 0 Å². The lowest BCUT2D eigenvalue weighted by Gasteiger charge is -2.28. The Morgan fingerprint density at radius 3 is 2.36 bits per heavy atom. The van der Waals surface area contributed by atoms with Gasteiger partial charge in [0.05, 0.1) is 16.3 Å². The predicted octanol–water partition coefficient (Wildman–Crippen LogP) is 4.30. The Balaban J connectivity index is 1.46. The first-order valence-corrected chi connectivity index (χ1v) is 13.7. The number of ether oxygens (including phenoxy) is 1. The van der Waals surface area contributed by atoms with Crippen molar-refractivity contribution in [2.24, 2.45) is 0 Å². The fraction of sp³-hybridized carbons (Fsp3) is 0.250. The molecule has 9 heteroatoms. The number of nitrogens with one attached hydrogen (secondary N) is 1. The molecule has 3 aromatic rings. The summed E-state index contributed by atoms with van der Waals surface area (Å²) in [6.07, 6.45) is 1.43. The van der Waals surface area contributed by atoms with E-state index >= 15 is 0 Å². The zero-order valence-corrected chi connectivity index (χ0v) is 19.9. The van der Waals surface area contributed by atoms with E-state index in [1.807, 2.05) is 30.3 Å². The first kappa shape index (κ1) is 23.1. The maximum atomic E-state index is 13.0. The maximum absolute atomic E-state index is 13.0. The van der Waals surface area contributed by atoms with Gasteiger partial charge in [-0.2, -0.15) is 0 Å². The quantitative estimate of drug-likeness (QED) is 0.537. The number of benzene rings is 3. The third-order valence-electron chi connectivity index (χ3n) is 5.44. The van der Waals surface area contributed by atoms with Gasteiger partial charge in [0, 0.05) is 12.2 Å². The minimum absolute atomic E-state index is 0.102. The van der Waals surface area contributed by atoms with Gasteiger partial charge in [0.2, 0.25) is 10.0 Å². The van der Waals surface area contributed by atoms with Crippen molar-refractivity contribution in [3.8, 4) is 5.75 Å². The fourth-order valence-corrected chi connectivity index (χ4v) is 6.66. The van der Waals surface area contributed by atoms with Gasteiger partial charge in [-0.3, -0.25) is 9.03 Å². The van der Waals surface area contributed by atoms with Crippen molar-refractivity contribution < 1.29 is 21.6 Å². The normalized spacial score (nSPS) is 15.7. The standard InChI is InChI=1S/C24H26N2O5S2/c1-19-17-22(26-15-5-6-16-32(26,27)28)11-14-24(19)33(29,30)25-21-9-12-23(13-10-21)31-18-20-7-3-2-4-8-20/h2-4,7-14,17,25H,5-6,15-16,18H2,1H3. The lowest BCUT2D eigenvalue weighted by atomic mass is 10.2. The summed E-state index contributed by atoms with van der Waals surface area (Å²) in [6, 6.07) is 21.1. The van der Waals surface area contributed by atoms with Crippen LogP contribution in [-0.4, -0.2) is 29.1 Å². The Morgan fingerprint density at radius 1 is 0.970 bits per heavy atom. The van der Waals surface area contributed by atoms with E-state index in [-0.39, 0.29) is 10.6 Å². The van der Waals surface area contributed by atoms with Gasteiger partial charge in [-0.25, -0.2) is 16.8 Å². The Hall–Kier alpha value is -3.04. The van der Waals surface area contributed by atoms with Gasteiger partial charge in [0.15, 0.2) is 0 Å². The molecular formula is C24H26N2O5S2. The molecule has 33 heavy (non-hydrogen) atoms. The van der Waals surface area contributed by atoms with E-state index in [4.69, 9.17) is 4.74 Å². The van der Waals surface area contributed by atoms with Crippen LogP contribution in [0.3, 0.4) is 0 Å². The van der Waals surface area contributed by atoms with Gasteiger partial charge >= 0.3 is 0 Å². The summed E-state index contributed by atoms with van der Waals surface area (Å²) < 4.78 is 60.3. The predicted molar refractivity (Wildman–Crippen MR) is 130 cm³/mol. The molecule has 0 bridgehead atoms. The molecule has 0 unspecified atom stereocenters. The molecule has 0 radical (unpaired) electrons. The Bertz CT molecular complexity index is 1320. The molecule has 3 aromatic carbocycles. The second-order valence-electron chi connectivity index (χ2n) is 7.95. The summed E-state index contributed by atoms with van der Waals surface area (Å²) in [5.41, 5.74) is 2.41. The molecule has 1 N–H and O–H groups in total. The number of nitrogens with zero attached hydrogens (tertiary/aromatic N) is 1. The Kier molecular flexibility index (Phi) is 6.62. The van der Waals surface area contributed by atoms with Crippen LogP contribution in [0.15, 0.2) is 77.7 Å². The molecule has 0 aliphatic carbocycles. The zero-order chi connectivity index (χ0) is 23.5. The van der Waals surface area contributed by atoms with Gasteiger partial charge in [-0.05, 0) is 73.4 Å². The Morgan fingerprint density at radius 2 is 1.70 bits per heavy atom. The van der Waals surface area contributed by atoms with Gasteiger partial charge in [0.25, 0.3) is 10.0 Å². The van der Waals surface area contributed by atoms with Crippen LogP contribution >= 0.6 is 0 Å². The van der Waals surface area contributed by atoms with E-state index in [0.717, 1.165) is 12.0 Å². The van der Waals surface area contributed by atoms with Crippen molar-refractivity contribution in [1.82, 2.24) is 0 Å². The molecule has 7 nitrogen and oxygen atoms in total. The molecule has 1 aliphatic heterocycles. The molecule has 0 saturated carbocycles. The molecule has 1 heterocycles. The summed E-state index contributed by atoms with van der Waals surface area (Å²) in [5, 5.41) is 0. The zero-order valence-electron chi connectivity index (χ0n) is 18.3. The molecule has 1 saturated heterocycles. The average molecular weight is 487 g/mol. The van der Waals surface area contributed by atoms with E-state index in [1.165, 1.54) is 10.4 Å². The lowest BCUT2D eigenvalue weighted by Crippen LogP contribution is -2.37. The third kappa shape index (κ3) is 5.48. The summed E-state index contributed by atoms with van der Waals surface area (Å²) in [6.45, 7) is 2.49. The molecule has 4 rings (SSSR count). The minimum Gasteiger partial charge on any atom is -0.489 e. The van der Waals surface area contributed by atoms with Crippen LogP contribution in [0.4, 0.5) is 11.4 Å². The van der Waals surface area contributed by atoms with Crippen LogP contribution < -0.4 is 13.8 Å². The van der Waals surface area contributed by atoms with Crippen molar-refractivity contribution in [3.05, 3.63) is 83.9 Å². The van der Waals surface area contributed by atoms with E-state index in [9.17, 15) is 16.8 Å². The number of hydrogen-bond acceptors (Lipinski definition) is 5. The monoisotopic (exact) mass is 486 g/mol. The van der Waals surface area contributed by atoms with Gasteiger partial charge in [-0.1, -0.05) is 30.3 Å². The summed E-state index contributed by atoms with van der Waals surface area (Å²) >= 11 is 0. The van der Waals surface area contributed by atoms with Crippen LogP contribution in [0.5, 0.6) is 5.75 Å². The summed E-state index contributed by atoms with van der Waals surface area (Å²) in [5.74, 6) is 0.740. The van der Waals surface area contributed by atoms with Crippen LogP contribution in [-0.2, 0) is 26.7 Å². The highest BCUT2D eigenvalue weighted by Crippen LogP contribution is 2.28. The summed E-state index contributed by atoms with van der Waals surface area (Å²) in [7, 11) is -7.21. The first-order chi connectivity index (χ1) is 15.7. The largest absolute Gasteiger partial charge is 0.489 e. The molecular weight excluding hydrogens is 460 g/mol. The van der Waals surface area contributed by atoms with Gasteiger partial charge in [0.1, 0.15) is 12.4 Å². The van der Waals surface area contributed by atoms with Crippen LogP contribution in [0.1, 0.15) is 24.0 Å². The smallest absolute Gasteiger partial charge is 0.262 e. The van der Waals surface area contributed by atoms with Crippen molar-refractivity contribution in [2.75, 3.05) is 21.3 Å². The highest BCUT2D eigenvalue weighted by molar-refractivity contribution is 7.93. The highest BCUT2D eigenvalue weighted by atomic mass is 32.2. The topological polar surface area (TPSA) is 92.8 Å². The highest BCUT2D eigenvalue weighted by Gasteiger charge is 2.27. The molecule has 174 valence electrons. The molecule has 0 spiro atoms. The second kappa shape index (κ2) is 9.44. The second-order valence-corrected chi connectivity index (χ2v) is 11.6. The van der Waals surface area contributed by atoms with Crippen LogP contribution in [0.25, 0.3) is 0 Å².